The number of thiazole rings is 1. The zero-order valence-electron chi connectivity index (χ0n) is 12.6. The van der Waals surface area contributed by atoms with Crippen molar-refractivity contribution < 1.29 is 9.90 Å². The van der Waals surface area contributed by atoms with E-state index in [0.29, 0.717) is 5.01 Å². The number of aliphatic carboxylic acids is 1. The van der Waals surface area contributed by atoms with Crippen LogP contribution in [0.1, 0.15) is 46.5 Å². The van der Waals surface area contributed by atoms with E-state index < -0.39 is 5.97 Å². The smallest absolute Gasteiger partial charge is 0.310 e. The fraction of sp³-hybridized carbons (Fsp3) is 0.412. The monoisotopic (exact) mass is 303 g/mol. The summed E-state index contributed by atoms with van der Waals surface area (Å²) in [6, 6.07) is 8.72. The molecule has 1 heterocycles. The summed E-state index contributed by atoms with van der Waals surface area (Å²) in [5, 5.41) is 9.51. The first kappa shape index (κ1) is 15.7. The van der Waals surface area contributed by atoms with E-state index in [1.54, 1.807) is 0 Å². The number of unbranched alkanes of at least 4 members (excludes halogenated alkanes) is 1. The summed E-state index contributed by atoms with van der Waals surface area (Å²) >= 11 is 1.51. The van der Waals surface area contributed by atoms with Gasteiger partial charge in [-0.1, -0.05) is 37.6 Å². The maximum absolute atomic E-state index is 10.7. The van der Waals surface area contributed by atoms with Crippen LogP contribution in [0, 0.1) is 6.92 Å². The molecule has 1 aromatic heterocycles. The van der Waals surface area contributed by atoms with Crippen molar-refractivity contribution in [3.8, 4) is 0 Å². The Bertz CT molecular complexity index is 602. The molecule has 1 aromatic carbocycles. The summed E-state index contributed by atoms with van der Waals surface area (Å²) < 4.78 is 0. The average Bonchev–Trinajstić information content (AvgIpc) is 2.77. The third-order valence-corrected chi connectivity index (χ3v) is 4.60. The fourth-order valence-corrected chi connectivity index (χ4v) is 3.34. The maximum Gasteiger partial charge on any atom is 0.310 e. The number of carbonyl (C=O) groups is 1. The molecule has 2 aromatic rings. The van der Waals surface area contributed by atoms with Crippen LogP contribution in [0.4, 0.5) is 0 Å². The number of hydrogen-bond donors (Lipinski definition) is 1. The van der Waals surface area contributed by atoms with Crippen molar-refractivity contribution >= 4 is 17.3 Å². The Morgan fingerprint density at radius 3 is 2.52 bits per heavy atom. The Morgan fingerprint density at radius 1 is 1.24 bits per heavy atom. The summed E-state index contributed by atoms with van der Waals surface area (Å²) in [4.78, 5) is 16.2. The summed E-state index contributed by atoms with van der Waals surface area (Å²) in [7, 11) is 0. The molecule has 0 aliphatic rings. The molecule has 21 heavy (non-hydrogen) atoms. The first-order valence-electron chi connectivity index (χ1n) is 7.33. The second-order valence-corrected chi connectivity index (χ2v) is 6.45. The van der Waals surface area contributed by atoms with Crippen LogP contribution in [0.2, 0.25) is 0 Å². The van der Waals surface area contributed by atoms with Crippen LogP contribution in [0.25, 0.3) is 0 Å². The van der Waals surface area contributed by atoms with E-state index >= 15 is 0 Å². The SMILES string of the molecule is CCCCc1ccc(Cc2sc(CC(=O)O)nc2C)cc1. The maximum atomic E-state index is 10.7. The molecule has 0 radical (unpaired) electrons. The molecule has 0 atom stereocenters. The highest BCUT2D eigenvalue weighted by Gasteiger charge is 2.11. The number of nitrogens with zero attached hydrogens (tertiary/aromatic N) is 1. The summed E-state index contributed by atoms with van der Waals surface area (Å²) in [6.07, 6.45) is 4.43. The number of aromatic nitrogens is 1. The Hall–Kier alpha value is -1.68. The van der Waals surface area contributed by atoms with Gasteiger partial charge in [0, 0.05) is 11.3 Å². The minimum Gasteiger partial charge on any atom is -0.481 e. The molecule has 0 unspecified atom stereocenters. The standard InChI is InChI=1S/C17H21NO2S/c1-3-4-5-13-6-8-14(9-7-13)10-15-12(2)18-16(21-15)11-17(19)20/h6-9H,3-5,10-11H2,1-2H3,(H,19,20). The van der Waals surface area contributed by atoms with Gasteiger partial charge >= 0.3 is 5.97 Å². The first-order valence-corrected chi connectivity index (χ1v) is 8.15. The Morgan fingerprint density at radius 2 is 1.90 bits per heavy atom. The largest absolute Gasteiger partial charge is 0.481 e. The topological polar surface area (TPSA) is 50.2 Å². The van der Waals surface area contributed by atoms with Crippen molar-refractivity contribution in [2.75, 3.05) is 0 Å². The molecule has 0 amide bonds. The predicted octanol–water partition coefficient (Wildman–Crippen LogP) is 4.01. The van der Waals surface area contributed by atoms with E-state index in [-0.39, 0.29) is 6.42 Å². The Kier molecular flexibility index (Phi) is 5.51. The molecule has 0 aliphatic heterocycles. The summed E-state index contributed by atoms with van der Waals surface area (Å²) in [5.41, 5.74) is 3.59. The zero-order chi connectivity index (χ0) is 15.2. The highest BCUT2D eigenvalue weighted by Crippen LogP contribution is 2.22. The van der Waals surface area contributed by atoms with Crippen LogP contribution < -0.4 is 0 Å². The lowest BCUT2D eigenvalue weighted by molar-refractivity contribution is -0.136. The van der Waals surface area contributed by atoms with Crippen molar-refractivity contribution in [2.45, 2.75) is 46.0 Å². The number of carboxylic acid groups (broad SMARTS) is 1. The number of benzene rings is 1. The second-order valence-electron chi connectivity index (χ2n) is 5.28. The highest BCUT2D eigenvalue weighted by atomic mass is 32.1. The summed E-state index contributed by atoms with van der Waals surface area (Å²) in [6.45, 7) is 4.16. The van der Waals surface area contributed by atoms with E-state index in [0.717, 1.165) is 23.4 Å². The van der Waals surface area contributed by atoms with Crippen molar-refractivity contribution in [2.24, 2.45) is 0 Å². The molecule has 0 saturated heterocycles. The van der Waals surface area contributed by atoms with Gasteiger partial charge < -0.3 is 5.11 Å². The zero-order valence-corrected chi connectivity index (χ0v) is 13.4. The number of aryl methyl sites for hydroxylation is 2. The molecule has 0 bridgehead atoms. The molecule has 3 nitrogen and oxygen atoms in total. The van der Waals surface area contributed by atoms with Crippen molar-refractivity contribution in [3.05, 3.63) is 51.0 Å². The molecular weight excluding hydrogens is 282 g/mol. The first-order chi connectivity index (χ1) is 10.1. The quantitative estimate of drug-likeness (QED) is 0.840. The Balaban J connectivity index is 2.04. The lowest BCUT2D eigenvalue weighted by atomic mass is 10.0. The second kappa shape index (κ2) is 7.36. The molecule has 0 aliphatic carbocycles. The molecule has 112 valence electrons. The van der Waals surface area contributed by atoms with Gasteiger partial charge in [0.15, 0.2) is 0 Å². The average molecular weight is 303 g/mol. The highest BCUT2D eigenvalue weighted by molar-refractivity contribution is 7.11. The molecule has 0 fully saturated rings. The van der Waals surface area contributed by atoms with E-state index in [2.05, 4.69) is 36.2 Å². The normalized spacial score (nSPS) is 10.8. The summed E-state index contributed by atoms with van der Waals surface area (Å²) in [5.74, 6) is -0.824. The van der Waals surface area contributed by atoms with Gasteiger partial charge in [-0.15, -0.1) is 11.3 Å². The lowest BCUT2D eigenvalue weighted by Crippen LogP contribution is -1.98. The van der Waals surface area contributed by atoms with Crippen molar-refractivity contribution in [3.63, 3.8) is 0 Å². The van der Waals surface area contributed by atoms with Gasteiger partial charge in [-0.2, -0.15) is 0 Å². The number of rotatable bonds is 7. The van der Waals surface area contributed by atoms with Crippen LogP contribution in [-0.2, 0) is 24.1 Å². The van der Waals surface area contributed by atoms with Gasteiger partial charge in [-0.3, -0.25) is 4.79 Å². The van der Waals surface area contributed by atoms with Gasteiger partial charge in [-0.05, 0) is 30.9 Å². The molecular formula is C17H21NO2S. The molecule has 4 heteroatoms. The number of hydrogen-bond acceptors (Lipinski definition) is 3. The minimum atomic E-state index is -0.824. The lowest BCUT2D eigenvalue weighted by Gasteiger charge is -2.03. The van der Waals surface area contributed by atoms with Crippen LogP contribution in [0.15, 0.2) is 24.3 Å². The minimum absolute atomic E-state index is 0.0153. The molecule has 2 rings (SSSR count). The van der Waals surface area contributed by atoms with E-state index in [4.69, 9.17) is 5.11 Å². The predicted molar refractivity (Wildman–Crippen MR) is 86.1 cm³/mol. The molecule has 1 N–H and O–H groups in total. The van der Waals surface area contributed by atoms with Crippen LogP contribution in [0.5, 0.6) is 0 Å². The van der Waals surface area contributed by atoms with Gasteiger partial charge in [0.2, 0.25) is 0 Å². The van der Waals surface area contributed by atoms with Gasteiger partial charge in [0.05, 0.1) is 12.1 Å². The van der Waals surface area contributed by atoms with Crippen LogP contribution in [-0.4, -0.2) is 16.1 Å². The third-order valence-electron chi connectivity index (χ3n) is 3.45. The van der Waals surface area contributed by atoms with Gasteiger partial charge in [0.1, 0.15) is 5.01 Å². The van der Waals surface area contributed by atoms with Gasteiger partial charge in [0.25, 0.3) is 0 Å². The van der Waals surface area contributed by atoms with E-state index in [1.165, 1.54) is 35.3 Å². The van der Waals surface area contributed by atoms with E-state index in [9.17, 15) is 4.79 Å². The Labute approximate surface area is 129 Å². The van der Waals surface area contributed by atoms with E-state index in [1.807, 2.05) is 6.92 Å². The molecule has 0 spiro atoms. The third kappa shape index (κ3) is 4.67. The number of carboxylic acids is 1. The van der Waals surface area contributed by atoms with Crippen molar-refractivity contribution in [1.29, 1.82) is 0 Å². The fourth-order valence-electron chi connectivity index (χ4n) is 2.25. The van der Waals surface area contributed by atoms with Gasteiger partial charge in [-0.25, -0.2) is 4.98 Å². The molecule has 0 saturated carbocycles. The van der Waals surface area contributed by atoms with Crippen LogP contribution >= 0.6 is 11.3 Å². The van der Waals surface area contributed by atoms with Crippen LogP contribution in [0.3, 0.4) is 0 Å². The van der Waals surface area contributed by atoms with Crippen molar-refractivity contribution in [1.82, 2.24) is 4.98 Å².